The van der Waals surface area contributed by atoms with Crippen LogP contribution in [0.4, 0.5) is 29.3 Å². The van der Waals surface area contributed by atoms with Gasteiger partial charge in [-0.3, -0.25) is 4.98 Å². The van der Waals surface area contributed by atoms with E-state index < -0.39 is 17.8 Å². The Morgan fingerprint density at radius 3 is 2.29 bits per heavy atom. The van der Waals surface area contributed by atoms with Crippen LogP contribution in [0.25, 0.3) is 22.4 Å². The molecule has 0 saturated carbocycles. The summed E-state index contributed by atoms with van der Waals surface area (Å²) in [5, 5.41) is 19.0. The molecule has 0 aliphatic heterocycles. The van der Waals surface area contributed by atoms with E-state index in [1.807, 2.05) is 18.3 Å². The Hall–Kier alpha value is -4.65. The molecule has 2 heterocycles. The third kappa shape index (κ3) is 4.73. The van der Waals surface area contributed by atoms with Crippen molar-refractivity contribution in [1.29, 1.82) is 5.26 Å². The minimum Gasteiger partial charge on any atom is -0.308 e. The molecule has 0 radical (unpaired) electrons. The molecule has 2 N–H and O–H groups in total. The van der Waals surface area contributed by atoms with Crippen LogP contribution in [0.5, 0.6) is 0 Å². The smallest absolute Gasteiger partial charge is 0.308 e. The average molecular weight is 462 g/mol. The third-order valence-corrected chi connectivity index (χ3v) is 5.04. The molecule has 4 rings (SSSR count). The van der Waals surface area contributed by atoms with Gasteiger partial charge in [-0.25, -0.2) is 4.79 Å². The largest absolute Gasteiger partial charge is 0.416 e. The van der Waals surface area contributed by atoms with Crippen molar-refractivity contribution in [2.45, 2.75) is 13.1 Å². The summed E-state index contributed by atoms with van der Waals surface area (Å²) in [6.45, 7) is 1.79. The zero-order chi connectivity index (χ0) is 24.3. The van der Waals surface area contributed by atoms with Gasteiger partial charge in [0.2, 0.25) is 6.19 Å². The number of aromatic nitrogens is 3. The Labute approximate surface area is 192 Å². The predicted molar refractivity (Wildman–Crippen MR) is 121 cm³/mol. The number of benzene rings is 2. The second-order valence-corrected chi connectivity index (χ2v) is 7.29. The zero-order valence-corrected chi connectivity index (χ0v) is 17.8. The van der Waals surface area contributed by atoms with E-state index in [0.717, 1.165) is 23.3 Å². The lowest BCUT2D eigenvalue weighted by atomic mass is 10.00. The van der Waals surface area contributed by atoms with Crippen molar-refractivity contribution in [2.75, 3.05) is 10.6 Å². The lowest BCUT2D eigenvalue weighted by Crippen LogP contribution is -2.19. The monoisotopic (exact) mass is 462 g/mol. The maximum absolute atomic E-state index is 12.7. The number of nitrogens with one attached hydrogen (secondary N) is 2. The van der Waals surface area contributed by atoms with Gasteiger partial charge in [0, 0.05) is 34.9 Å². The van der Waals surface area contributed by atoms with Crippen LogP contribution in [0.1, 0.15) is 11.3 Å². The van der Waals surface area contributed by atoms with Crippen LogP contribution in [0, 0.1) is 18.4 Å². The Morgan fingerprint density at radius 2 is 1.65 bits per heavy atom. The molecular weight excluding hydrogens is 445 g/mol. The summed E-state index contributed by atoms with van der Waals surface area (Å²) >= 11 is 0. The SMILES string of the molecule is Cc1c(-c2ccncc2)c(-c2cccc(NC(=O)Nc3ccc(C(F)(F)F)cc3)c2)nn1C#N. The first-order valence-corrected chi connectivity index (χ1v) is 10.0. The van der Waals surface area contributed by atoms with E-state index in [0.29, 0.717) is 22.6 Å². The van der Waals surface area contributed by atoms with Crippen molar-refractivity contribution in [2.24, 2.45) is 0 Å². The number of rotatable bonds is 4. The van der Waals surface area contributed by atoms with Crippen LogP contribution in [-0.4, -0.2) is 20.8 Å². The van der Waals surface area contributed by atoms with E-state index in [4.69, 9.17) is 0 Å². The second kappa shape index (κ2) is 9.07. The Kier molecular flexibility index (Phi) is 6.01. The summed E-state index contributed by atoms with van der Waals surface area (Å²) in [7, 11) is 0. The number of hydrogen-bond acceptors (Lipinski definition) is 4. The maximum atomic E-state index is 12.7. The molecule has 10 heteroatoms. The number of pyridine rings is 1. The molecule has 4 aromatic rings. The first-order chi connectivity index (χ1) is 16.3. The minimum absolute atomic E-state index is 0.213. The molecule has 34 heavy (non-hydrogen) atoms. The number of anilines is 2. The van der Waals surface area contributed by atoms with Gasteiger partial charge in [-0.05, 0) is 61.0 Å². The van der Waals surface area contributed by atoms with Gasteiger partial charge in [0.1, 0.15) is 5.69 Å². The fourth-order valence-electron chi connectivity index (χ4n) is 3.45. The molecule has 7 nitrogen and oxygen atoms in total. The van der Waals surface area contributed by atoms with Crippen molar-refractivity contribution in [3.05, 3.63) is 84.3 Å². The normalized spacial score (nSPS) is 11.0. The summed E-state index contributed by atoms with van der Waals surface area (Å²) in [5.74, 6) is 0. The standard InChI is InChI=1S/C24H17F3N6O/c1-15-21(16-9-11-29-12-10-16)22(32-33(15)14-28)17-3-2-4-20(13-17)31-23(34)30-19-7-5-18(6-8-19)24(25,26)27/h2-13H,1H3,(H2,30,31,34). The van der Waals surface area contributed by atoms with Gasteiger partial charge in [-0.1, -0.05) is 12.1 Å². The molecule has 0 aliphatic rings. The van der Waals surface area contributed by atoms with Crippen LogP contribution in [0.15, 0.2) is 73.1 Å². The third-order valence-electron chi connectivity index (χ3n) is 5.04. The number of urea groups is 1. The first kappa shape index (κ1) is 22.5. The number of hydrogen-bond donors (Lipinski definition) is 2. The van der Waals surface area contributed by atoms with Gasteiger partial charge in [-0.15, -0.1) is 0 Å². The lowest BCUT2D eigenvalue weighted by molar-refractivity contribution is -0.137. The first-order valence-electron chi connectivity index (χ1n) is 10.0. The van der Waals surface area contributed by atoms with Crippen molar-refractivity contribution in [3.8, 4) is 28.6 Å². The molecule has 0 saturated heterocycles. The highest BCUT2D eigenvalue weighted by molar-refractivity contribution is 6.00. The number of nitriles is 1. The molecular formula is C24H17F3N6O. The highest BCUT2D eigenvalue weighted by atomic mass is 19.4. The lowest BCUT2D eigenvalue weighted by Gasteiger charge is -2.11. The highest BCUT2D eigenvalue weighted by Gasteiger charge is 2.30. The van der Waals surface area contributed by atoms with Crippen LogP contribution < -0.4 is 10.6 Å². The molecule has 0 atom stereocenters. The Morgan fingerprint density at radius 1 is 0.971 bits per heavy atom. The minimum atomic E-state index is -4.45. The van der Waals surface area contributed by atoms with Crippen LogP contribution in [0.3, 0.4) is 0 Å². The number of alkyl halides is 3. The van der Waals surface area contributed by atoms with Crippen molar-refractivity contribution in [1.82, 2.24) is 14.8 Å². The fraction of sp³-hybridized carbons (Fsp3) is 0.0833. The number of carbonyl (C=O) groups excluding carboxylic acids is 1. The van der Waals surface area contributed by atoms with Crippen LogP contribution in [-0.2, 0) is 6.18 Å². The summed E-state index contributed by atoms with van der Waals surface area (Å²) in [5.41, 5.74) is 3.31. The van der Waals surface area contributed by atoms with Gasteiger partial charge in [0.25, 0.3) is 0 Å². The molecule has 0 fully saturated rings. The number of halogens is 3. The van der Waals surface area contributed by atoms with Crippen molar-refractivity contribution >= 4 is 17.4 Å². The Balaban J connectivity index is 1.57. The van der Waals surface area contributed by atoms with Crippen LogP contribution >= 0.6 is 0 Å². The van der Waals surface area contributed by atoms with Gasteiger partial charge in [0.05, 0.1) is 11.3 Å². The van der Waals surface area contributed by atoms with Gasteiger partial charge in [-0.2, -0.15) is 28.2 Å². The summed E-state index contributed by atoms with van der Waals surface area (Å²) in [6, 6.07) is 14.0. The maximum Gasteiger partial charge on any atom is 0.416 e. The molecule has 2 aromatic heterocycles. The van der Waals surface area contributed by atoms with Crippen molar-refractivity contribution < 1.29 is 18.0 Å². The summed E-state index contributed by atoms with van der Waals surface area (Å²) in [4.78, 5) is 16.4. The zero-order valence-electron chi connectivity index (χ0n) is 17.8. The molecule has 2 amide bonds. The molecule has 0 spiro atoms. The van der Waals surface area contributed by atoms with E-state index in [1.165, 1.54) is 16.8 Å². The quantitative estimate of drug-likeness (QED) is 0.394. The number of amides is 2. The van der Waals surface area contributed by atoms with E-state index in [2.05, 4.69) is 20.7 Å². The van der Waals surface area contributed by atoms with E-state index in [9.17, 15) is 23.2 Å². The molecule has 0 bridgehead atoms. The highest BCUT2D eigenvalue weighted by Crippen LogP contribution is 2.35. The van der Waals surface area contributed by atoms with Gasteiger partial charge < -0.3 is 10.6 Å². The van der Waals surface area contributed by atoms with Crippen LogP contribution in [0.2, 0.25) is 0 Å². The number of carbonyl (C=O) groups is 1. The van der Waals surface area contributed by atoms with Gasteiger partial charge >= 0.3 is 12.2 Å². The Bertz CT molecular complexity index is 1370. The number of nitrogens with zero attached hydrogens (tertiary/aromatic N) is 4. The summed E-state index contributed by atoms with van der Waals surface area (Å²) < 4.78 is 39.3. The van der Waals surface area contributed by atoms with E-state index in [-0.39, 0.29) is 5.69 Å². The average Bonchev–Trinajstić information content (AvgIpc) is 3.15. The molecule has 170 valence electrons. The van der Waals surface area contributed by atoms with Crippen molar-refractivity contribution in [3.63, 3.8) is 0 Å². The summed E-state index contributed by atoms with van der Waals surface area (Å²) in [6.07, 6.45) is 0.861. The topological polar surface area (TPSA) is 95.6 Å². The second-order valence-electron chi connectivity index (χ2n) is 7.29. The predicted octanol–water partition coefficient (Wildman–Crippen LogP) is 5.91. The van der Waals surface area contributed by atoms with E-state index in [1.54, 1.807) is 43.6 Å². The molecule has 2 aromatic carbocycles. The van der Waals surface area contributed by atoms with E-state index >= 15 is 0 Å². The molecule has 0 aliphatic carbocycles. The fourth-order valence-corrected chi connectivity index (χ4v) is 3.45. The van der Waals surface area contributed by atoms with Gasteiger partial charge in [0.15, 0.2) is 0 Å². The molecule has 0 unspecified atom stereocenters.